The van der Waals surface area contributed by atoms with Crippen LogP contribution in [-0.2, 0) is 0 Å². The topological polar surface area (TPSA) is 75.5 Å². The quantitative estimate of drug-likeness (QED) is 0.666. The van der Waals surface area contributed by atoms with Crippen LogP contribution in [0.25, 0.3) is 0 Å². The molecule has 1 aromatic rings. The smallest absolute Gasteiger partial charge is 0.324 e. The van der Waals surface area contributed by atoms with E-state index in [1.165, 1.54) is 6.07 Å². The van der Waals surface area contributed by atoms with Gasteiger partial charge in [-0.3, -0.25) is 14.9 Å². The van der Waals surface area contributed by atoms with Gasteiger partial charge in [-0.1, -0.05) is 11.3 Å². The molecular weight excluding hydrogens is 278 g/mol. The minimum Gasteiger partial charge on any atom is -0.339 e. The fraction of sp³-hybridized carbons (Fsp3) is 0.615. The van der Waals surface area contributed by atoms with Crippen molar-refractivity contribution in [1.82, 2.24) is 10.2 Å². The van der Waals surface area contributed by atoms with E-state index in [9.17, 15) is 14.9 Å². The Hall–Kier alpha value is -1.47. The first-order chi connectivity index (χ1) is 9.65. The molecule has 1 N–H and O–H groups in total. The molecule has 0 spiro atoms. The molecule has 0 aliphatic carbocycles. The minimum atomic E-state index is -0.445. The van der Waals surface area contributed by atoms with Gasteiger partial charge in [0.25, 0.3) is 5.91 Å². The SMILES string of the molecule is O=C(c1csc([N+](=O)[O-])c1)N1CC[C@@H]2CNC[C@@H]2CC1. The van der Waals surface area contributed by atoms with Gasteiger partial charge < -0.3 is 10.2 Å². The Morgan fingerprint density at radius 2 is 2.00 bits per heavy atom. The highest BCUT2D eigenvalue weighted by atomic mass is 32.1. The van der Waals surface area contributed by atoms with Gasteiger partial charge in [0, 0.05) is 24.5 Å². The number of carbonyl (C=O) groups excluding carboxylic acids is 1. The molecule has 2 aliphatic heterocycles. The normalized spacial score (nSPS) is 26.1. The summed E-state index contributed by atoms with van der Waals surface area (Å²) in [6.07, 6.45) is 2.05. The van der Waals surface area contributed by atoms with Crippen molar-refractivity contribution < 1.29 is 9.72 Å². The van der Waals surface area contributed by atoms with Gasteiger partial charge in [0.2, 0.25) is 0 Å². The molecule has 0 unspecified atom stereocenters. The zero-order valence-electron chi connectivity index (χ0n) is 11.1. The number of hydrogen-bond donors (Lipinski definition) is 1. The molecule has 2 atom stereocenters. The maximum atomic E-state index is 12.4. The Bertz CT molecular complexity index is 517. The lowest BCUT2D eigenvalue weighted by Crippen LogP contribution is -2.32. The van der Waals surface area contributed by atoms with Gasteiger partial charge >= 0.3 is 5.00 Å². The molecule has 2 saturated heterocycles. The highest BCUT2D eigenvalue weighted by Gasteiger charge is 2.32. The Kier molecular flexibility index (Phi) is 3.71. The number of carbonyl (C=O) groups is 1. The summed E-state index contributed by atoms with van der Waals surface area (Å²) in [5.41, 5.74) is 0.451. The molecule has 0 aromatic carbocycles. The van der Waals surface area contributed by atoms with Gasteiger partial charge in [-0.2, -0.15) is 0 Å². The lowest BCUT2D eigenvalue weighted by atomic mass is 9.92. The second-order valence-electron chi connectivity index (χ2n) is 5.48. The third-order valence-corrected chi connectivity index (χ3v) is 5.20. The summed E-state index contributed by atoms with van der Waals surface area (Å²) >= 11 is 1.02. The summed E-state index contributed by atoms with van der Waals surface area (Å²) in [6.45, 7) is 3.61. The van der Waals surface area contributed by atoms with Crippen molar-refractivity contribution in [2.75, 3.05) is 26.2 Å². The maximum Gasteiger partial charge on any atom is 0.324 e. The molecular formula is C13H17N3O3S. The standard InChI is InChI=1S/C13H17N3O3S/c17-13(11-5-12(16(18)19)20-8-11)15-3-1-9-6-14-7-10(9)2-4-15/h5,8-10,14H,1-4,6-7H2/t9-,10+. The Morgan fingerprint density at radius 3 is 2.55 bits per heavy atom. The van der Waals surface area contributed by atoms with E-state index in [1.54, 1.807) is 5.38 Å². The van der Waals surface area contributed by atoms with Crippen LogP contribution >= 0.6 is 11.3 Å². The molecule has 7 heteroatoms. The predicted molar refractivity (Wildman–Crippen MR) is 76.0 cm³/mol. The second-order valence-corrected chi connectivity index (χ2v) is 6.37. The number of nitrogens with zero attached hydrogens (tertiary/aromatic N) is 2. The highest BCUT2D eigenvalue weighted by Crippen LogP contribution is 2.29. The van der Waals surface area contributed by atoms with Crippen LogP contribution in [0.2, 0.25) is 0 Å². The lowest BCUT2D eigenvalue weighted by molar-refractivity contribution is -0.380. The first-order valence-corrected chi connectivity index (χ1v) is 7.76. The van der Waals surface area contributed by atoms with Crippen molar-refractivity contribution >= 4 is 22.2 Å². The average Bonchev–Trinajstić information content (AvgIpc) is 3.04. The van der Waals surface area contributed by atoms with Crippen molar-refractivity contribution in [3.63, 3.8) is 0 Å². The van der Waals surface area contributed by atoms with Gasteiger partial charge in [-0.05, 0) is 37.8 Å². The van der Waals surface area contributed by atoms with E-state index in [4.69, 9.17) is 0 Å². The number of amides is 1. The molecule has 0 saturated carbocycles. The Morgan fingerprint density at radius 1 is 1.35 bits per heavy atom. The molecule has 3 heterocycles. The molecule has 20 heavy (non-hydrogen) atoms. The fourth-order valence-corrected chi connectivity index (χ4v) is 3.83. The first kappa shape index (κ1) is 13.5. The third kappa shape index (κ3) is 2.55. The van der Waals surface area contributed by atoms with Gasteiger partial charge in [0.05, 0.1) is 10.5 Å². The van der Waals surface area contributed by atoms with Crippen LogP contribution < -0.4 is 5.32 Å². The number of hydrogen-bond acceptors (Lipinski definition) is 5. The molecule has 1 aromatic heterocycles. The van der Waals surface area contributed by atoms with Gasteiger partial charge in [0.15, 0.2) is 0 Å². The summed E-state index contributed by atoms with van der Waals surface area (Å²) in [5.74, 6) is 1.27. The summed E-state index contributed by atoms with van der Waals surface area (Å²) < 4.78 is 0. The van der Waals surface area contributed by atoms with Crippen molar-refractivity contribution in [1.29, 1.82) is 0 Å². The largest absolute Gasteiger partial charge is 0.339 e. The number of fused-ring (bicyclic) bond motifs is 1. The van der Waals surface area contributed by atoms with Crippen molar-refractivity contribution in [2.45, 2.75) is 12.8 Å². The third-order valence-electron chi connectivity index (χ3n) is 4.32. The average molecular weight is 295 g/mol. The number of thiophene rings is 1. The zero-order valence-corrected chi connectivity index (χ0v) is 11.9. The highest BCUT2D eigenvalue weighted by molar-refractivity contribution is 7.13. The molecule has 0 bridgehead atoms. The van der Waals surface area contributed by atoms with Crippen LogP contribution in [-0.4, -0.2) is 41.9 Å². The molecule has 2 aliphatic rings. The first-order valence-electron chi connectivity index (χ1n) is 6.88. The number of rotatable bonds is 2. The number of nitrogens with one attached hydrogen (secondary N) is 1. The molecule has 0 radical (unpaired) electrons. The van der Waals surface area contributed by atoms with Crippen LogP contribution in [0, 0.1) is 22.0 Å². The van der Waals surface area contributed by atoms with Crippen LogP contribution in [0.4, 0.5) is 5.00 Å². The number of nitro groups is 1. The zero-order chi connectivity index (χ0) is 14.1. The van der Waals surface area contributed by atoms with Crippen molar-refractivity contribution in [3.05, 3.63) is 27.1 Å². The van der Waals surface area contributed by atoms with Gasteiger partial charge in [-0.15, -0.1) is 0 Å². The fourth-order valence-electron chi connectivity index (χ4n) is 3.14. The lowest BCUT2D eigenvalue weighted by Gasteiger charge is -2.20. The summed E-state index contributed by atoms with van der Waals surface area (Å²) in [4.78, 5) is 24.5. The summed E-state index contributed by atoms with van der Waals surface area (Å²) in [5, 5.41) is 15.7. The van der Waals surface area contributed by atoms with Crippen molar-refractivity contribution in [2.24, 2.45) is 11.8 Å². The van der Waals surface area contributed by atoms with E-state index < -0.39 is 4.92 Å². The molecule has 1 amide bonds. The van der Waals surface area contributed by atoms with Crippen LogP contribution in [0.5, 0.6) is 0 Å². The Labute approximate surface area is 120 Å². The van der Waals surface area contributed by atoms with Crippen LogP contribution in [0.3, 0.4) is 0 Å². The summed E-state index contributed by atoms with van der Waals surface area (Å²) in [6, 6.07) is 1.39. The predicted octanol–water partition coefficient (Wildman–Crippen LogP) is 1.73. The van der Waals surface area contributed by atoms with E-state index in [0.29, 0.717) is 17.4 Å². The van der Waals surface area contributed by atoms with Gasteiger partial charge in [-0.25, -0.2) is 0 Å². The van der Waals surface area contributed by atoms with E-state index in [0.717, 1.165) is 50.4 Å². The minimum absolute atomic E-state index is 0.0317. The van der Waals surface area contributed by atoms with Crippen LogP contribution in [0.1, 0.15) is 23.2 Å². The maximum absolute atomic E-state index is 12.4. The van der Waals surface area contributed by atoms with E-state index in [1.807, 2.05) is 4.90 Å². The van der Waals surface area contributed by atoms with E-state index >= 15 is 0 Å². The van der Waals surface area contributed by atoms with E-state index in [-0.39, 0.29) is 10.9 Å². The second kappa shape index (κ2) is 5.49. The molecule has 3 rings (SSSR count). The van der Waals surface area contributed by atoms with Crippen LogP contribution in [0.15, 0.2) is 11.4 Å². The Balaban J connectivity index is 1.68. The summed E-state index contributed by atoms with van der Waals surface area (Å²) in [7, 11) is 0. The van der Waals surface area contributed by atoms with E-state index in [2.05, 4.69) is 5.32 Å². The molecule has 108 valence electrons. The monoisotopic (exact) mass is 295 g/mol. The molecule has 6 nitrogen and oxygen atoms in total. The molecule has 2 fully saturated rings. The van der Waals surface area contributed by atoms with Gasteiger partial charge in [0.1, 0.15) is 0 Å². The van der Waals surface area contributed by atoms with Crippen molar-refractivity contribution in [3.8, 4) is 0 Å². The number of likely N-dealkylation sites (tertiary alicyclic amines) is 1.